The molecule has 2 aromatic rings. The lowest BCUT2D eigenvalue weighted by molar-refractivity contribution is -0.122. The molecule has 1 aromatic heterocycles. The van der Waals surface area contributed by atoms with Crippen molar-refractivity contribution in [3.8, 4) is 0 Å². The summed E-state index contributed by atoms with van der Waals surface area (Å²) < 4.78 is 5.09. The van der Waals surface area contributed by atoms with Gasteiger partial charge >= 0.3 is 0 Å². The number of aliphatic hydroxyl groups is 1. The molecule has 106 valence electrons. The number of furan rings is 1. The number of hydrogen-bond acceptors (Lipinski definition) is 3. The highest BCUT2D eigenvalue weighted by Gasteiger charge is 2.17. The summed E-state index contributed by atoms with van der Waals surface area (Å²) in [4.78, 5) is 12.1. The average Bonchev–Trinajstić information content (AvgIpc) is 2.97. The van der Waals surface area contributed by atoms with Crippen LogP contribution in [0.15, 0.2) is 47.1 Å². The Morgan fingerprint density at radius 3 is 2.80 bits per heavy atom. The lowest BCUT2D eigenvalue weighted by Crippen LogP contribution is -2.31. The minimum Gasteiger partial charge on any atom is -0.467 e. The van der Waals surface area contributed by atoms with E-state index in [-0.39, 0.29) is 18.4 Å². The van der Waals surface area contributed by atoms with E-state index in [1.807, 2.05) is 38.1 Å². The van der Waals surface area contributed by atoms with E-state index in [0.717, 1.165) is 11.1 Å². The minimum absolute atomic E-state index is 0.110. The summed E-state index contributed by atoms with van der Waals surface area (Å²) in [7, 11) is 0. The zero-order valence-corrected chi connectivity index (χ0v) is 11.7. The van der Waals surface area contributed by atoms with Gasteiger partial charge in [0.05, 0.1) is 18.7 Å². The fraction of sp³-hybridized carbons (Fsp3) is 0.312. The molecule has 0 radical (unpaired) electrons. The molecule has 2 unspecified atom stereocenters. The van der Waals surface area contributed by atoms with E-state index < -0.39 is 6.10 Å². The molecular weight excluding hydrogens is 254 g/mol. The van der Waals surface area contributed by atoms with Gasteiger partial charge in [-0.25, -0.2) is 0 Å². The largest absolute Gasteiger partial charge is 0.467 e. The number of aryl methyl sites for hydroxylation is 1. The summed E-state index contributed by atoms with van der Waals surface area (Å²) in [6.07, 6.45) is 0.675. The monoisotopic (exact) mass is 273 g/mol. The van der Waals surface area contributed by atoms with Gasteiger partial charge in [0.15, 0.2) is 0 Å². The molecule has 0 bridgehead atoms. The van der Waals surface area contributed by atoms with Crippen LogP contribution in [0.4, 0.5) is 0 Å². The van der Waals surface area contributed by atoms with E-state index in [1.165, 1.54) is 6.26 Å². The van der Waals surface area contributed by atoms with Gasteiger partial charge in [0.2, 0.25) is 5.91 Å². The summed E-state index contributed by atoms with van der Waals surface area (Å²) in [6, 6.07) is 11.2. The van der Waals surface area contributed by atoms with Crippen LogP contribution in [-0.2, 0) is 4.79 Å². The van der Waals surface area contributed by atoms with Crippen molar-refractivity contribution in [1.82, 2.24) is 5.32 Å². The zero-order chi connectivity index (χ0) is 14.5. The van der Waals surface area contributed by atoms with E-state index in [1.54, 1.807) is 12.1 Å². The van der Waals surface area contributed by atoms with Crippen LogP contribution in [0.3, 0.4) is 0 Å². The number of aliphatic hydroxyl groups excluding tert-OH is 1. The standard InChI is InChI=1S/C16H19NO3/c1-11-5-3-6-13(9-11)12(2)16(19)17-10-14(18)15-7-4-8-20-15/h3-9,12,14,18H,10H2,1-2H3,(H,17,19). The Labute approximate surface area is 118 Å². The van der Waals surface area contributed by atoms with Gasteiger partial charge in [-0.2, -0.15) is 0 Å². The molecule has 0 aliphatic rings. The quantitative estimate of drug-likeness (QED) is 0.880. The SMILES string of the molecule is Cc1cccc(C(C)C(=O)NCC(O)c2ccco2)c1. The maximum atomic E-state index is 12.1. The Morgan fingerprint density at radius 1 is 1.35 bits per heavy atom. The number of carbonyl (C=O) groups is 1. The predicted octanol–water partition coefficient (Wildman–Crippen LogP) is 2.54. The molecule has 0 saturated carbocycles. The summed E-state index contributed by atoms with van der Waals surface area (Å²) in [5.41, 5.74) is 2.09. The summed E-state index contributed by atoms with van der Waals surface area (Å²) in [5.74, 6) is 0.0911. The van der Waals surface area contributed by atoms with Gasteiger partial charge in [-0.1, -0.05) is 29.8 Å². The van der Waals surface area contributed by atoms with E-state index in [0.29, 0.717) is 5.76 Å². The maximum Gasteiger partial charge on any atom is 0.227 e. The molecule has 4 heteroatoms. The molecular formula is C16H19NO3. The van der Waals surface area contributed by atoms with Crippen LogP contribution in [-0.4, -0.2) is 17.6 Å². The number of hydrogen-bond donors (Lipinski definition) is 2. The van der Waals surface area contributed by atoms with Crippen molar-refractivity contribution < 1.29 is 14.3 Å². The second kappa shape index (κ2) is 6.39. The normalized spacial score (nSPS) is 13.8. The highest BCUT2D eigenvalue weighted by Crippen LogP contribution is 2.17. The third kappa shape index (κ3) is 3.48. The second-order valence-corrected chi connectivity index (χ2v) is 4.91. The van der Waals surface area contributed by atoms with Crippen LogP contribution < -0.4 is 5.32 Å². The summed E-state index contributed by atoms with van der Waals surface area (Å²) in [6.45, 7) is 3.99. The number of benzene rings is 1. The predicted molar refractivity (Wildman–Crippen MR) is 76.3 cm³/mol. The first-order chi connectivity index (χ1) is 9.58. The average molecular weight is 273 g/mol. The van der Waals surface area contributed by atoms with Gasteiger partial charge in [-0.3, -0.25) is 4.79 Å². The maximum absolute atomic E-state index is 12.1. The molecule has 2 N–H and O–H groups in total. The first-order valence-electron chi connectivity index (χ1n) is 6.63. The Bertz CT molecular complexity index is 563. The molecule has 20 heavy (non-hydrogen) atoms. The number of rotatable bonds is 5. The Hall–Kier alpha value is -2.07. The van der Waals surface area contributed by atoms with Crippen LogP contribution in [0, 0.1) is 6.92 Å². The van der Waals surface area contributed by atoms with Crippen LogP contribution >= 0.6 is 0 Å². The fourth-order valence-electron chi connectivity index (χ4n) is 2.02. The molecule has 2 rings (SSSR count). The van der Waals surface area contributed by atoms with Gasteiger partial charge < -0.3 is 14.8 Å². The number of amides is 1. The summed E-state index contributed by atoms with van der Waals surface area (Å²) in [5, 5.41) is 12.6. The lowest BCUT2D eigenvalue weighted by atomic mass is 9.98. The van der Waals surface area contributed by atoms with Crippen molar-refractivity contribution in [2.24, 2.45) is 0 Å². The van der Waals surface area contributed by atoms with Gasteiger partial charge in [-0.15, -0.1) is 0 Å². The molecule has 1 aromatic carbocycles. The number of nitrogens with one attached hydrogen (secondary N) is 1. The van der Waals surface area contributed by atoms with Gasteiger partial charge in [-0.05, 0) is 31.5 Å². The second-order valence-electron chi connectivity index (χ2n) is 4.91. The van der Waals surface area contributed by atoms with Gasteiger partial charge in [0, 0.05) is 0 Å². The third-order valence-electron chi connectivity index (χ3n) is 3.28. The van der Waals surface area contributed by atoms with Crippen molar-refractivity contribution in [3.63, 3.8) is 0 Å². The zero-order valence-electron chi connectivity index (χ0n) is 11.7. The number of carbonyl (C=O) groups excluding carboxylic acids is 1. The highest BCUT2D eigenvalue weighted by molar-refractivity contribution is 5.83. The lowest BCUT2D eigenvalue weighted by Gasteiger charge is -2.15. The first kappa shape index (κ1) is 14.3. The molecule has 0 spiro atoms. The molecule has 1 amide bonds. The molecule has 4 nitrogen and oxygen atoms in total. The summed E-state index contributed by atoms with van der Waals surface area (Å²) >= 11 is 0. The Balaban J connectivity index is 1.91. The van der Waals surface area contributed by atoms with Crippen LogP contribution in [0.25, 0.3) is 0 Å². The third-order valence-corrected chi connectivity index (χ3v) is 3.28. The van der Waals surface area contributed by atoms with E-state index in [9.17, 15) is 9.90 Å². The molecule has 0 fully saturated rings. The highest BCUT2D eigenvalue weighted by atomic mass is 16.4. The van der Waals surface area contributed by atoms with Gasteiger partial charge in [0.25, 0.3) is 0 Å². The molecule has 0 saturated heterocycles. The first-order valence-corrected chi connectivity index (χ1v) is 6.63. The van der Waals surface area contributed by atoms with E-state index >= 15 is 0 Å². The van der Waals surface area contributed by atoms with Gasteiger partial charge in [0.1, 0.15) is 11.9 Å². The van der Waals surface area contributed by atoms with Crippen molar-refractivity contribution in [1.29, 1.82) is 0 Å². The Morgan fingerprint density at radius 2 is 2.15 bits per heavy atom. The molecule has 0 aliphatic carbocycles. The van der Waals surface area contributed by atoms with Crippen LogP contribution in [0.1, 0.15) is 35.8 Å². The topological polar surface area (TPSA) is 62.5 Å². The van der Waals surface area contributed by atoms with E-state index in [4.69, 9.17) is 4.42 Å². The fourth-order valence-corrected chi connectivity index (χ4v) is 2.02. The van der Waals surface area contributed by atoms with E-state index in [2.05, 4.69) is 5.32 Å². The van der Waals surface area contributed by atoms with Crippen LogP contribution in [0.2, 0.25) is 0 Å². The van der Waals surface area contributed by atoms with Crippen molar-refractivity contribution in [3.05, 3.63) is 59.5 Å². The van der Waals surface area contributed by atoms with Crippen molar-refractivity contribution >= 4 is 5.91 Å². The van der Waals surface area contributed by atoms with Crippen molar-refractivity contribution in [2.45, 2.75) is 25.9 Å². The Kier molecular flexibility index (Phi) is 4.58. The smallest absolute Gasteiger partial charge is 0.227 e. The molecule has 2 atom stereocenters. The van der Waals surface area contributed by atoms with Crippen LogP contribution in [0.5, 0.6) is 0 Å². The molecule has 1 heterocycles. The van der Waals surface area contributed by atoms with Crippen molar-refractivity contribution in [2.75, 3.05) is 6.54 Å². The minimum atomic E-state index is -0.821. The molecule has 0 aliphatic heterocycles.